The van der Waals surface area contributed by atoms with Gasteiger partial charge in [0, 0.05) is 24.5 Å². The Morgan fingerprint density at radius 1 is 1.17 bits per heavy atom. The molecule has 2 fully saturated rings. The third-order valence-electron chi connectivity index (χ3n) is 5.71. The van der Waals surface area contributed by atoms with E-state index in [-0.39, 0.29) is 11.3 Å². The van der Waals surface area contributed by atoms with Crippen molar-refractivity contribution in [1.29, 1.82) is 0 Å². The number of likely N-dealkylation sites (tertiary alicyclic amines) is 2. The second-order valence-corrected chi connectivity index (χ2v) is 6.78. The molecule has 0 spiro atoms. The molecule has 4 nitrogen and oxygen atoms in total. The minimum absolute atomic E-state index is 0.0840. The number of hydrogen-bond donors (Lipinski definition) is 0. The molecule has 0 bridgehead atoms. The number of piperidine rings is 1. The largest absolute Gasteiger partial charge is 0.472 e. The van der Waals surface area contributed by atoms with Gasteiger partial charge in [0.2, 0.25) is 0 Å². The normalized spacial score (nSPS) is 27.9. The second kappa shape index (κ2) is 5.53. The zero-order chi connectivity index (χ0) is 15.9. The summed E-state index contributed by atoms with van der Waals surface area (Å²) >= 11 is 0. The van der Waals surface area contributed by atoms with E-state index in [1.54, 1.807) is 18.6 Å². The Hall–Kier alpha value is -2.07. The van der Waals surface area contributed by atoms with E-state index < -0.39 is 0 Å². The number of rotatable bonds is 2. The fourth-order valence-corrected chi connectivity index (χ4v) is 4.36. The standard InChI is InChI=1S/C19H22N2O2/c1-20-10-8-19(16-5-3-2-4-6-16)9-11-21(13-17(19)20)18(22)15-7-12-23-14-15/h2-7,12,14,17H,8-11,13H2,1H3/t17-,19-/m1/s1. The maximum absolute atomic E-state index is 12.6. The first-order chi connectivity index (χ1) is 11.2. The summed E-state index contributed by atoms with van der Waals surface area (Å²) in [4.78, 5) is 17.0. The average molecular weight is 310 g/mol. The Bertz CT molecular complexity index is 683. The molecule has 0 unspecified atom stereocenters. The molecule has 2 atom stereocenters. The lowest BCUT2D eigenvalue weighted by molar-refractivity contribution is 0.0552. The number of hydrogen-bond acceptors (Lipinski definition) is 3. The van der Waals surface area contributed by atoms with Gasteiger partial charge >= 0.3 is 0 Å². The predicted octanol–water partition coefficient (Wildman–Crippen LogP) is 2.77. The highest BCUT2D eigenvalue weighted by atomic mass is 16.3. The van der Waals surface area contributed by atoms with Gasteiger partial charge in [-0.3, -0.25) is 4.79 Å². The van der Waals surface area contributed by atoms with Crippen LogP contribution in [0.3, 0.4) is 0 Å². The number of fused-ring (bicyclic) bond motifs is 1. The maximum Gasteiger partial charge on any atom is 0.257 e. The fourth-order valence-electron chi connectivity index (χ4n) is 4.36. The highest BCUT2D eigenvalue weighted by Crippen LogP contribution is 2.45. The van der Waals surface area contributed by atoms with E-state index in [9.17, 15) is 4.79 Å². The molecule has 0 aliphatic carbocycles. The summed E-state index contributed by atoms with van der Waals surface area (Å²) in [5, 5.41) is 0. The van der Waals surface area contributed by atoms with Gasteiger partial charge in [0.05, 0.1) is 11.8 Å². The van der Waals surface area contributed by atoms with E-state index in [2.05, 4.69) is 42.3 Å². The zero-order valence-electron chi connectivity index (χ0n) is 13.4. The van der Waals surface area contributed by atoms with Crippen LogP contribution in [0.1, 0.15) is 28.8 Å². The van der Waals surface area contributed by atoms with E-state index >= 15 is 0 Å². The van der Waals surface area contributed by atoms with Crippen LogP contribution in [0.25, 0.3) is 0 Å². The fraction of sp³-hybridized carbons (Fsp3) is 0.421. The van der Waals surface area contributed by atoms with Crippen molar-refractivity contribution in [3.63, 3.8) is 0 Å². The van der Waals surface area contributed by atoms with Crippen LogP contribution in [0, 0.1) is 0 Å². The third kappa shape index (κ3) is 2.29. The Morgan fingerprint density at radius 3 is 2.70 bits per heavy atom. The van der Waals surface area contributed by atoms with Crippen LogP contribution in [-0.4, -0.2) is 48.4 Å². The van der Waals surface area contributed by atoms with Crippen LogP contribution in [0.4, 0.5) is 0 Å². The van der Waals surface area contributed by atoms with Crippen molar-refractivity contribution >= 4 is 5.91 Å². The number of likely N-dealkylation sites (N-methyl/N-ethyl adjacent to an activating group) is 1. The maximum atomic E-state index is 12.6. The first kappa shape index (κ1) is 14.5. The minimum atomic E-state index is 0.0840. The van der Waals surface area contributed by atoms with E-state index in [1.165, 1.54) is 12.0 Å². The summed E-state index contributed by atoms with van der Waals surface area (Å²) in [5.41, 5.74) is 2.26. The van der Waals surface area contributed by atoms with Gasteiger partial charge in [0.1, 0.15) is 6.26 Å². The van der Waals surface area contributed by atoms with Crippen LogP contribution < -0.4 is 0 Å². The van der Waals surface area contributed by atoms with E-state index in [0.29, 0.717) is 11.6 Å². The van der Waals surface area contributed by atoms with Gasteiger partial charge in [-0.25, -0.2) is 0 Å². The van der Waals surface area contributed by atoms with E-state index in [1.807, 2.05) is 4.90 Å². The van der Waals surface area contributed by atoms with Gasteiger partial charge in [0.25, 0.3) is 5.91 Å². The predicted molar refractivity (Wildman–Crippen MR) is 88.4 cm³/mol. The molecule has 1 aromatic carbocycles. The zero-order valence-corrected chi connectivity index (χ0v) is 13.4. The van der Waals surface area contributed by atoms with Gasteiger partial charge in [-0.15, -0.1) is 0 Å². The van der Waals surface area contributed by atoms with Crippen LogP contribution in [-0.2, 0) is 5.41 Å². The molecule has 1 aromatic heterocycles. The number of carbonyl (C=O) groups excluding carboxylic acids is 1. The molecule has 2 aromatic rings. The molecule has 4 heteroatoms. The Morgan fingerprint density at radius 2 is 1.96 bits per heavy atom. The summed E-state index contributed by atoms with van der Waals surface area (Å²) in [7, 11) is 2.18. The molecule has 3 heterocycles. The van der Waals surface area contributed by atoms with Gasteiger partial charge in [0.15, 0.2) is 0 Å². The van der Waals surface area contributed by atoms with Crippen molar-refractivity contribution in [3.05, 3.63) is 60.1 Å². The molecular formula is C19H22N2O2. The Kier molecular flexibility index (Phi) is 3.49. The van der Waals surface area contributed by atoms with Crippen molar-refractivity contribution in [2.75, 3.05) is 26.7 Å². The number of carbonyl (C=O) groups is 1. The van der Waals surface area contributed by atoms with E-state index in [0.717, 1.165) is 26.1 Å². The van der Waals surface area contributed by atoms with Gasteiger partial charge < -0.3 is 14.2 Å². The lowest BCUT2D eigenvalue weighted by atomic mass is 9.69. The van der Waals surface area contributed by atoms with Crippen molar-refractivity contribution in [3.8, 4) is 0 Å². The average Bonchev–Trinajstić information content (AvgIpc) is 3.24. The van der Waals surface area contributed by atoms with E-state index in [4.69, 9.17) is 4.42 Å². The topological polar surface area (TPSA) is 36.7 Å². The Balaban J connectivity index is 1.62. The van der Waals surface area contributed by atoms with Crippen molar-refractivity contribution in [1.82, 2.24) is 9.80 Å². The van der Waals surface area contributed by atoms with Gasteiger partial charge in [-0.1, -0.05) is 30.3 Å². The van der Waals surface area contributed by atoms with Crippen LogP contribution >= 0.6 is 0 Å². The molecule has 2 aliphatic rings. The molecule has 2 aliphatic heterocycles. The summed E-state index contributed by atoms with van der Waals surface area (Å²) in [6.07, 6.45) is 5.30. The molecule has 1 amide bonds. The lowest BCUT2D eigenvalue weighted by Gasteiger charge is -2.46. The molecule has 120 valence electrons. The summed E-state index contributed by atoms with van der Waals surface area (Å²) in [5.74, 6) is 0.0840. The minimum Gasteiger partial charge on any atom is -0.472 e. The molecule has 0 saturated carbocycles. The first-order valence-electron chi connectivity index (χ1n) is 8.28. The lowest BCUT2D eigenvalue weighted by Crippen LogP contribution is -2.56. The second-order valence-electron chi connectivity index (χ2n) is 6.78. The van der Waals surface area contributed by atoms with Crippen molar-refractivity contribution < 1.29 is 9.21 Å². The number of nitrogens with zero attached hydrogens (tertiary/aromatic N) is 2. The molecular weight excluding hydrogens is 288 g/mol. The SMILES string of the molecule is CN1CC[C@]2(c3ccccc3)CCN(C(=O)c3ccoc3)C[C@@H]12. The molecule has 0 radical (unpaired) electrons. The van der Waals surface area contributed by atoms with Crippen LogP contribution in [0.15, 0.2) is 53.3 Å². The molecule has 2 saturated heterocycles. The number of amides is 1. The molecule has 23 heavy (non-hydrogen) atoms. The Labute approximate surface area is 136 Å². The monoisotopic (exact) mass is 310 g/mol. The van der Waals surface area contributed by atoms with Gasteiger partial charge in [-0.2, -0.15) is 0 Å². The van der Waals surface area contributed by atoms with Crippen LogP contribution in [0.2, 0.25) is 0 Å². The summed E-state index contributed by atoms with van der Waals surface area (Å²) in [6.45, 7) is 2.69. The summed E-state index contributed by atoms with van der Waals surface area (Å²) < 4.78 is 5.07. The molecule has 4 rings (SSSR count). The number of benzene rings is 1. The smallest absolute Gasteiger partial charge is 0.257 e. The van der Waals surface area contributed by atoms with Crippen LogP contribution in [0.5, 0.6) is 0 Å². The number of furan rings is 1. The molecule has 0 N–H and O–H groups in total. The summed E-state index contributed by atoms with van der Waals surface area (Å²) in [6, 6.07) is 13.0. The van der Waals surface area contributed by atoms with Crippen molar-refractivity contribution in [2.24, 2.45) is 0 Å². The van der Waals surface area contributed by atoms with Gasteiger partial charge in [-0.05, 0) is 38.1 Å². The third-order valence-corrected chi connectivity index (χ3v) is 5.71. The quantitative estimate of drug-likeness (QED) is 0.856. The highest BCUT2D eigenvalue weighted by molar-refractivity contribution is 5.94. The highest BCUT2D eigenvalue weighted by Gasteiger charge is 2.50. The van der Waals surface area contributed by atoms with Crippen molar-refractivity contribution in [2.45, 2.75) is 24.3 Å². The first-order valence-corrected chi connectivity index (χ1v) is 8.28.